The Hall–Kier alpha value is -2.76. The Bertz CT molecular complexity index is 572. The summed E-state index contributed by atoms with van der Waals surface area (Å²) in [5.41, 5.74) is 0.525. The normalized spacial score (nSPS) is 9.68. The summed E-state index contributed by atoms with van der Waals surface area (Å²) in [5.74, 6) is -0.344. The number of aromatic nitrogens is 2. The van der Waals surface area contributed by atoms with E-state index in [-0.39, 0.29) is 18.2 Å². The third-order valence-electron chi connectivity index (χ3n) is 2.22. The summed E-state index contributed by atoms with van der Waals surface area (Å²) in [6.45, 7) is -0.318. The number of carbonyl (C=O) groups excluding carboxylic acids is 2. The van der Waals surface area contributed by atoms with Crippen LogP contribution < -0.4 is 4.74 Å². The molecular formula is C13H10N2O4. The van der Waals surface area contributed by atoms with Crippen LogP contribution in [0.1, 0.15) is 20.8 Å². The van der Waals surface area contributed by atoms with Gasteiger partial charge in [-0.25, -0.2) is 9.78 Å². The Morgan fingerprint density at radius 2 is 2.16 bits per heavy atom. The number of esters is 1. The van der Waals surface area contributed by atoms with Gasteiger partial charge in [-0.15, -0.1) is 0 Å². The number of hydrogen-bond donors (Lipinski definition) is 0. The van der Waals surface area contributed by atoms with Crippen molar-refractivity contribution in [1.82, 2.24) is 9.97 Å². The molecular weight excluding hydrogens is 248 g/mol. The van der Waals surface area contributed by atoms with Crippen LogP contribution in [0.4, 0.5) is 0 Å². The number of aldehydes is 1. The second-order valence-electron chi connectivity index (χ2n) is 3.44. The van der Waals surface area contributed by atoms with Crippen molar-refractivity contribution in [3.63, 3.8) is 0 Å². The summed E-state index contributed by atoms with van der Waals surface area (Å²) in [7, 11) is 0. The maximum absolute atomic E-state index is 11.5. The lowest BCUT2D eigenvalue weighted by Crippen LogP contribution is -2.12. The zero-order valence-corrected chi connectivity index (χ0v) is 9.85. The van der Waals surface area contributed by atoms with Gasteiger partial charge in [0.15, 0.2) is 12.0 Å². The Labute approximate surface area is 109 Å². The number of rotatable bonds is 5. The van der Waals surface area contributed by atoms with Crippen LogP contribution in [-0.4, -0.2) is 29.0 Å². The topological polar surface area (TPSA) is 78.4 Å². The molecule has 0 fully saturated rings. The molecule has 6 nitrogen and oxygen atoms in total. The van der Waals surface area contributed by atoms with Gasteiger partial charge >= 0.3 is 5.97 Å². The molecule has 0 amide bonds. The summed E-state index contributed by atoms with van der Waals surface area (Å²) in [4.78, 5) is 29.9. The first kappa shape index (κ1) is 12.7. The van der Waals surface area contributed by atoms with Gasteiger partial charge < -0.3 is 9.47 Å². The molecule has 6 heteroatoms. The van der Waals surface area contributed by atoms with Crippen molar-refractivity contribution >= 4 is 12.3 Å². The van der Waals surface area contributed by atoms with Crippen LogP contribution in [0.15, 0.2) is 42.9 Å². The highest BCUT2D eigenvalue weighted by Gasteiger charge is 2.08. The van der Waals surface area contributed by atoms with E-state index in [1.807, 2.05) is 0 Å². The third kappa shape index (κ3) is 3.35. The van der Waals surface area contributed by atoms with E-state index in [1.165, 1.54) is 30.7 Å². The van der Waals surface area contributed by atoms with Crippen LogP contribution in [0.2, 0.25) is 0 Å². The quantitative estimate of drug-likeness (QED) is 0.459. The van der Waals surface area contributed by atoms with Crippen molar-refractivity contribution in [2.45, 2.75) is 0 Å². The van der Waals surface area contributed by atoms with Crippen molar-refractivity contribution < 1.29 is 19.1 Å². The molecule has 2 rings (SSSR count). The van der Waals surface area contributed by atoms with Crippen LogP contribution in [0.25, 0.3) is 0 Å². The predicted molar refractivity (Wildman–Crippen MR) is 64.8 cm³/mol. The lowest BCUT2D eigenvalue weighted by molar-refractivity contribution is 0.0145. The molecule has 0 aliphatic rings. The van der Waals surface area contributed by atoms with E-state index >= 15 is 0 Å². The summed E-state index contributed by atoms with van der Waals surface area (Å²) in [6, 6.07) is 6.40. The van der Waals surface area contributed by atoms with Gasteiger partial charge in [-0.1, -0.05) is 6.07 Å². The van der Waals surface area contributed by atoms with Gasteiger partial charge in [0.1, 0.15) is 5.69 Å². The van der Waals surface area contributed by atoms with Gasteiger partial charge in [-0.3, -0.25) is 9.78 Å². The van der Waals surface area contributed by atoms with E-state index in [9.17, 15) is 9.59 Å². The average Bonchev–Trinajstić information content (AvgIpc) is 2.48. The van der Waals surface area contributed by atoms with Crippen molar-refractivity contribution in [1.29, 1.82) is 0 Å². The molecule has 0 unspecified atom stereocenters. The van der Waals surface area contributed by atoms with Crippen LogP contribution in [0.5, 0.6) is 5.75 Å². The smallest absolute Gasteiger partial charge is 0.359 e. The lowest BCUT2D eigenvalue weighted by Gasteiger charge is -2.07. The maximum Gasteiger partial charge on any atom is 0.359 e. The largest absolute Gasteiger partial charge is 0.455 e. The summed E-state index contributed by atoms with van der Waals surface area (Å²) >= 11 is 0. The van der Waals surface area contributed by atoms with Crippen LogP contribution in [-0.2, 0) is 4.74 Å². The van der Waals surface area contributed by atoms with Gasteiger partial charge in [0.05, 0.1) is 11.8 Å². The standard InChI is InChI=1S/C13H10N2O4/c16-8-10-4-6-14-7-12(10)18-9-19-13(17)11-3-1-2-5-15-11/h1-8H,9H2. The van der Waals surface area contributed by atoms with E-state index in [0.29, 0.717) is 11.8 Å². The highest BCUT2D eigenvalue weighted by molar-refractivity contribution is 5.87. The van der Waals surface area contributed by atoms with Crippen molar-refractivity contribution in [2.75, 3.05) is 6.79 Å². The number of pyridine rings is 2. The molecule has 0 saturated carbocycles. The van der Waals surface area contributed by atoms with Gasteiger partial charge in [0.25, 0.3) is 0 Å². The molecule has 0 saturated heterocycles. The molecule has 0 aromatic carbocycles. The monoisotopic (exact) mass is 258 g/mol. The fourth-order valence-corrected chi connectivity index (χ4v) is 1.31. The molecule has 96 valence electrons. The van der Waals surface area contributed by atoms with Gasteiger partial charge in [-0.2, -0.15) is 0 Å². The number of carbonyl (C=O) groups is 2. The highest BCUT2D eigenvalue weighted by atomic mass is 16.7. The summed E-state index contributed by atoms with van der Waals surface area (Å²) in [6.07, 6.45) is 4.97. The molecule has 0 radical (unpaired) electrons. The molecule has 0 spiro atoms. The van der Waals surface area contributed by atoms with Crippen molar-refractivity contribution in [3.8, 4) is 5.75 Å². The first-order valence-electron chi connectivity index (χ1n) is 5.41. The fraction of sp³-hybridized carbons (Fsp3) is 0.0769. The first-order chi connectivity index (χ1) is 9.31. The van der Waals surface area contributed by atoms with Gasteiger partial charge in [0.2, 0.25) is 6.79 Å². The van der Waals surface area contributed by atoms with E-state index in [1.54, 1.807) is 12.1 Å². The first-order valence-corrected chi connectivity index (χ1v) is 5.41. The van der Waals surface area contributed by atoms with Gasteiger partial charge in [0, 0.05) is 12.4 Å². The predicted octanol–water partition coefficient (Wildman–Crippen LogP) is 1.48. The average molecular weight is 258 g/mol. The molecule has 0 N–H and O–H groups in total. The van der Waals surface area contributed by atoms with E-state index in [0.717, 1.165) is 0 Å². The van der Waals surface area contributed by atoms with Crippen molar-refractivity contribution in [2.24, 2.45) is 0 Å². The van der Waals surface area contributed by atoms with Crippen LogP contribution in [0, 0.1) is 0 Å². The molecule has 0 aliphatic heterocycles. The van der Waals surface area contributed by atoms with Gasteiger partial charge in [-0.05, 0) is 18.2 Å². The third-order valence-corrected chi connectivity index (χ3v) is 2.22. The zero-order valence-electron chi connectivity index (χ0n) is 9.85. The molecule has 2 aromatic heterocycles. The molecule has 0 atom stereocenters. The minimum atomic E-state index is -0.600. The minimum Gasteiger partial charge on any atom is -0.455 e. The second-order valence-corrected chi connectivity index (χ2v) is 3.44. The molecule has 0 bridgehead atoms. The maximum atomic E-state index is 11.5. The lowest BCUT2D eigenvalue weighted by atomic mass is 10.3. The molecule has 2 heterocycles. The fourth-order valence-electron chi connectivity index (χ4n) is 1.31. The van der Waals surface area contributed by atoms with Crippen LogP contribution in [0.3, 0.4) is 0 Å². The van der Waals surface area contributed by atoms with Crippen LogP contribution >= 0.6 is 0 Å². The summed E-state index contributed by atoms with van der Waals surface area (Å²) < 4.78 is 10.0. The number of ether oxygens (including phenoxy) is 2. The SMILES string of the molecule is O=Cc1ccncc1OCOC(=O)c1ccccn1. The van der Waals surface area contributed by atoms with Crippen molar-refractivity contribution in [3.05, 3.63) is 54.1 Å². The number of hydrogen-bond acceptors (Lipinski definition) is 6. The Kier molecular flexibility index (Phi) is 4.17. The van der Waals surface area contributed by atoms with E-state index in [4.69, 9.17) is 9.47 Å². The second kappa shape index (κ2) is 6.25. The molecule has 0 aliphatic carbocycles. The highest BCUT2D eigenvalue weighted by Crippen LogP contribution is 2.13. The zero-order chi connectivity index (χ0) is 13.5. The number of nitrogens with zero attached hydrogens (tertiary/aromatic N) is 2. The molecule has 2 aromatic rings. The Morgan fingerprint density at radius 1 is 1.26 bits per heavy atom. The minimum absolute atomic E-state index is 0.188. The molecule has 19 heavy (non-hydrogen) atoms. The Morgan fingerprint density at radius 3 is 2.89 bits per heavy atom. The van der Waals surface area contributed by atoms with E-state index < -0.39 is 5.97 Å². The summed E-state index contributed by atoms with van der Waals surface area (Å²) in [5, 5.41) is 0. The van der Waals surface area contributed by atoms with E-state index in [2.05, 4.69) is 9.97 Å². The Balaban J connectivity index is 1.90.